The number of hydrogen-bond donors (Lipinski definition) is 1. The summed E-state index contributed by atoms with van der Waals surface area (Å²) in [4.78, 5) is 10.9. The molecule has 1 rings (SSSR count). The standard InChI is InChI=1S/C8H11NO2/c1-6(11)8-3-7(5-10)4-9(8)2/h3-4,10H,5H2,1-2H3. The molecule has 0 fully saturated rings. The Morgan fingerprint density at radius 2 is 2.36 bits per heavy atom. The van der Waals surface area contributed by atoms with Crippen LogP contribution in [0, 0.1) is 0 Å². The highest BCUT2D eigenvalue weighted by Gasteiger charge is 2.05. The minimum atomic E-state index is -0.0128. The molecule has 0 unspecified atom stereocenters. The molecule has 0 aliphatic heterocycles. The van der Waals surface area contributed by atoms with Gasteiger partial charge in [-0.15, -0.1) is 0 Å². The third-order valence-corrected chi connectivity index (χ3v) is 1.60. The minimum absolute atomic E-state index is 0.0128. The van der Waals surface area contributed by atoms with E-state index in [2.05, 4.69) is 0 Å². The van der Waals surface area contributed by atoms with Crippen molar-refractivity contribution in [3.63, 3.8) is 0 Å². The van der Waals surface area contributed by atoms with Gasteiger partial charge >= 0.3 is 0 Å². The predicted molar refractivity (Wildman–Crippen MR) is 41.3 cm³/mol. The molecular weight excluding hydrogens is 142 g/mol. The predicted octanol–water partition coefficient (Wildman–Crippen LogP) is 0.720. The maximum absolute atomic E-state index is 10.9. The van der Waals surface area contributed by atoms with Crippen LogP contribution < -0.4 is 0 Å². The van der Waals surface area contributed by atoms with Crippen molar-refractivity contribution >= 4 is 5.78 Å². The van der Waals surface area contributed by atoms with Crippen molar-refractivity contribution in [1.29, 1.82) is 0 Å². The fraction of sp³-hybridized carbons (Fsp3) is 0.375. The minimum Gasteiger partial charge on any atom is -0.392 e. The number of aliphatic hydroxyl groups is 1. The Bertz CT molecular complexity index is 276. The number of aromatic nitrogens is 1. The number of carbonyl (C=O) groups is 1. The third kappa shape index (κ3) is 1.49. The van der Waals surface area contributed by atoms with Gasteiger partial charge in [0.2, 0.25) is 0 Å². The molecule has 0 saturated carbocycles. The lowest BCUT2D eigenvalue weighted by molar-refractivity contribution is 0.101. The number of hydrogen-bond acceptors (Lipinski definition) is 2. The summed E-state index contributed by atoms with van der Waals surface area (Å²) >= 11 is 0. The first-order valence-corrected chi connectivity index (χ1v) is 3.42. The zero-order valence-corrected chi connectivity index (χ0v) is 6.66. The number of carbonyl (C=O) groups excluding carboxylic acids is 1. The monoisotopic (exact) mass is 153 g/mol. The Balaban J connectivity index is 3.07. The van der Waals surface area contributed by atoms with Gasteiger partial charge in [0, 0.05) is 20.2 Å². The molecule has 3 heteroatoms. The van der Waals surface area contributed by atoms with Gasteiger partial charge in [0.1, 0.15) is 0 Å². The second kappa shape index (κ2) is 2.88. The molecule has 0 atom stereocenters. The van der Waals surface area contributed by atoms with E-state index in [1.54, 1.807) is 23.9 Å². The van der Waals surface area contributed by atoms with Crippen LogP contribution in [0.15, 0.2) is 12.3 Å². The number of nitrogens with zero attached hydrogens (tertiary/aromatic N) is 1. The van der Waals surface area contributed by atoms with Crippen molar-refractivity contribution in [2.75, 3.05) is 0 Å². The van der Waals surface area contributed by atoms with E-state index in [-0.39, 0.29) is 12.4 Å². The van der Waals surface area contributed by atoms with Crippen LogP contribution in [-0.4, -0.2) is 15.5 Å². The van der Waals surface area contributed by atoms with E-state index >= 15 is 0 Å². The summed E-state index contributed by atoms with van der Waals surface area (Å²) in [7, 11) is 1.79. The van der Waals surface area contributed by atoms with Gasteiger partial charge in [-0.1, -0.05) is 0 Å². The van der Waals surface area contributed by atoms with Crippen LogP contribution in [0.5, 0.6) is 0 Å². The van der Waals surface area contributed by atoms with Crippen molar-refractivity contribution in [3.8, 4) is 0 Å². The van der Waals surface area contributed by atoms with Crippen LogP contribution in [0.3, 0.4) is 0 Å². The fourth-order valence-electron chi connectivity index (χ4n) is 1.07. The maximum atomic E-state index is 10.9. The number of rotatable bonds is 2. The Labute approximate surface area is 65.3 Å². The van der Waals surface area contributed by atoms with Gasteiger partial charge in [-0.2, -0.15) is 0 Å². The first kappa shape index (κ1) is 8.01. The van der Waals surface area contributed by atoms with E-state index in [1.807, 2.05) is 0 Å². The van der Waals surface area contributed by atoms with Crippen LogP contribution in [0.1, 0.15) is 23.0 Å². The fourth-order valence-corrected chi connectivity index (χ4v) is 1.07. The normalized spacial score (nSPS) is 10.1. The van der Waals surface area contributed by atoms with Crippen molar-refractivity contribution in [1.82, 2.24) is 4.57 Å². The molecule has 1 heterocycles. The first-order valence-electron chi connectivity index (χ1n) is 3.42. The second-order valence-electron chi connectivity index (χ2n) is 2.56. The van der Waals surface area contributed by atoms with Gasteiger partial charge in [0.25, 0.3) is 0 Å². The van der Waals surface area contributed by atoms with E-state index < -0.39 is 0 Å². The molecule has 0 amide bonds. The number of aryl methyl sites for hydroxylation is 1. The van der Waals surface area contributed by atoms with E-state index in [0.717, 1.165) is 5.56 Å². The lowest BCUT2D eigenvalue weighted by Gasteiger charge is -1.94. The van der Waals surface area contributed by atoms with Crippen LogP contribution in [0.2, 0.25) is 0 Å². The molecule has 0 radical (unpaired) electrons. The number of ketones is 1. The molecule has 0 aliphatic rings. The zero-order chi connectivity index (χ0) is 8.43. The van der Waals surface area contributed by atoms with Gasteiger partial charge in [-0.05, 0) is 11.6 Å². The number of Topliss-reactive ketones (excluding diaryl/α,β-unsaturated/α-hetero) is 1. The summed E-state index contributed by atoms with van der Waals surface area (Å²) < 4.78 is 1.72. The molecule has 0 bridgehead atoms. The van der Waals surface area contributed by atoms with Crippen molar-refractivity contribution in [2.45, 2.75) is 13.5 Å². The van der Waals surface area contributed by atoms with Crippen molar-refractivity contribution in [2.24, 2.45) is 7.05 Å². The molecule has 3 nitrogen and oxygen atoms in total. The smallest absolute Gasteiger partial charge is 0.176 e. The maximum Gasteiger partial charge on any atom is 0.176 e. The molecule has 0 spiro atoms. The Kier molecular flexibility index (Phi) is 2.10. The topological polar surface area (TPSA) is 42.2 Å². The molecule has 0 saturated heterocycles. The molecule has 0 aliphatic carbocycles. The van der Waals surface area contributed by atoms with E-state index in [1.165, 1.54) is 6.92 Å². The van der Waals surface area contributed by atoms with Gasteiger partial charge in [-0.25, -0.2) is 0 Å². The second-order valence-corrected chi connectivity index (χ2v) is 2.56. The van der Waals surface area contributed by atoms with Crippen LogP contribution in [-0.2, 0) is 13.7 Å². The third-order valence-electron chi connectivity index (χ3n) is 1.60. The Morgan fingerprint density at radius 3 is 2.64 bits per heavy atom. The van der Waals surface area contributed by atoms with E-state index in [4.69, 9.17) is 5.11 Å². The van der Waals surface area contributed by atoms with Crippen LogP contribution >= 0.6 is 0 Å². The van der Waals surface area contributed by atoms with E-state index in [9.17, 15) is 4.79 Å². The summed E-state index contributed by atoms with van der Waals surface area (Å²) in [6.07, 6.45) is 1.75. The largest absolute Gasteiger partial charge is 0.392 e. The lowest BCUT2D eigenvalue weighted by Crippen LogP contribution is -1.99. The summed E-state index contributed by atoms with van der Waals surface area (Å²) in [6.45, 7) is 1.50. The number of aliphatic hydroxyl groups excluding tert-OH is 1. The van der Waals surface area contributed by atoms with Crippen LogP contribution in [0.25, 0.3) is 0 Å². The van der Waals surface area contributed by atoms with Crippen LogP contribution in [0.4, 0.5) is 0 Å². The van der Waals surface area contributed by atoms with Gasteiger partial charge in [0.05, 0.1) is 12.3 Å². The van der Waals surface area contributed by atoms with Gasteiger partial charge in [-0.3, -0.25) is 4.79 Å². The van der Waals surface area contributed by atoms with Gasteiger partial charge < -0.3 is 9.67 Å². The van der Waals surface area contributed by atoms with Crippen molar-refractivity contribution < 1.29 is 9.90 Å². The lowest BCUT2D eigenvalue weighted by atomic mass is 10.3. The summed E-state index contributed by atoms with van der Waals surface area (Å²) in [5.41, 5.74) is 1.41. The molecular formula is C8H11NO2. The molecule has 1 aromatic heterocycles. The Morgan fingerprint density at radius 1 is 1.73 bits per heavy atom. The summed E-state index contributed by atoms with van der Waals surface area (Å²) in [5, 5.41) is 8.73. The van der Waals surface area contributed by atoms with E-state index in [0.29, 0.717) is 5.69 Å². The summed E-state index contributed by atoms with van der Waals surface area (Å²) in [6, 6.07) is 1.70. The molecule has 1 N–H and O–H groups in total. The quantitative estimate of drug-likeness (QED) is 0.636. The SMILES string of the molecule is CC(=O)c1cc(CO)cn1C. The summed E-state index contributed by atoms with van der Waals surface area (Å²) in [5.74, 6) is 0.0206. The van der Waals surface area contributed by atoms with Crippen molar-refractivity contribution in [3.05, 3.63) is 23.5 Å². The first-order chi connectivity index (χ1) is 5.15. The highest BCUT2D eigenvalue weighted by Crippen LogP contribution is 2.07. The van der Waals surface area contributed by atoms with Gasteiger partial charge in [0.15, 0.2) is 5.78 Å². The zero-order valence-electron chi connectivity index (χ0n) is 6.66. The Hall–Kier alpha value is -1.09. The molecule has 60 valence electrons. The molecule has 1 aromatic rings. The molecule has 0 aromatic carbocycles. The molecule has 11 heavy (non-hydrogen) atoms. The average molecular weight is 153 g/mol. The highest BCUT2D eigenvalue weighted by molar-refractivity contribution is 5.92. The highest BCUT2D eigenvalue weighted by atomic mass is 16.3. The average Bonchev–Trinajstić information content (AvgIpc) is 2.30.